The first-order chi connectivity index (χ1) is 8.69. The fourth-order valence-corrected chi connectivity index (χ4v) is 3.52. The van der Waals surface area contributed by atoms with Gasteiger partial charge in [-0.1, -0.05) is 12.1 Å². The molecule has 0 amide bonds. The fraction of sp³-hybridized carbons (Fsp3) is 0.533. The van der Waals surface area contributed by atoms with E-state index in [2.05, 4.69) is 11.4 Å². The molecule has 2 nitrogen and oxygen atoms in total. The summed E-state index contributed by atoms with van der Waals surface area (Å²) in [4.78, 5) is 0. The lowest BCUT2D eigenvalue weighted by atomic mass is 9.73. The number of fused-ring (bicyclic) bond motifs is 2. The van der Waals surface area contributed by atoms with E-state index in [1.807, 2.05) is 0 Å². The summed E-state index contributed by atoms with van der Waals surface area (Å²) in [5, 5.41) is 13.1. The van der Waals surface area contributed by atoms with Crippen LogP contribution < -0.4 is 5.32 Å². The molecule has 0 aromatic heterocycles. The Labute approximate surface area is 107 Å². The van der Waals surface area contributed by atoms with E-state index in [-0.39, 0.29) is 11.2 Å². The molecular weight excluding hydrogens is 227 g/mol. The molecule has 2 heterocycles. The number of benzene rings is 1. The zero-order chi connectivity index (χ0) is 12.6. The van der Waals surface area contributed by atoms with E-state index >= 15 is 0 Å². The van der Waals surface area contributed by atoms with Gasteiger partial charge in [0, 0.05) is 12.1 Å². The average molecular weight is 244 g/mol. The molecule has 2 aliphatic heterocycles. The summed E-state index contributed by atoms with van der Waals surface area (Å²) in [6, 6.07) is 10.1. The summed E-state index contributed by atoms with van der Waals surface area (Å²) in [5.41, 5.74) is 0.814. The van der Waals surface area contributed by atoms with Crippen molar-refractivity contribution >= 4 is 0 Å². The fourth-order valence-electron chi connectivity index (χ4n) is 3.52. The Morgan fingerprint density at radius 1 is 1.22 bits per heavy atom. The highest BCUT2D eigenvalue weighted by atomic mass is 19.1. The SMILES string of the molecule is N#CC1(Cc2ccc(F)cc2)C[C@H]2CC[C@@H](C1)N2. The number of nitrogens with one attached hydrogen (secondary N) is 1. The minimum atomic E-state index is -0.255. The van der Waals surface area contributed by atoms with Gasteiger partial charge < -0.3 is 5.32 Å². The van der Waals surface area contributed by atoms with E-state index in [0.717, 1.165) is 24.8 Å². The lowest BCUT2D eigenvalue weighted by Gasteiger charge is -2.36. The van der Waals surface area contributed by atoms with E-state index in [1.54, 1.807) is 12.1 Å². The molecule has 1 unspecified atom stereocenters. The number of nitriles is 1. The smallest absolute Gasteiger partial charge is 0.123 e. The van der Waals surface area contributed by atoms with Crippen LogP contribution in [-0.2, 0) is 6.42 Å². The molecule has 2 aliphatic rings. The van der Waals surface area contributed by atoms with Gasteiger partial charge in [-0.05, 0) is 49.8 Å². The second kappa shape index (κ2) is 4.37. The van der Waals surface area contributed by atoms with E-state index < -0.39 is 0 Å². The standard InChI is InChI=1S/C15H17FN2/c16-12-3-1-11(2-4-12)7-15(10-17)8-13-5-6-14(9-15)18-13/h1-4,13-14,18H,5-9H2/t13-,14+,15?. The molecule has 0 aliphatic carbocycles. The number of hydrogen-bond donors (Lipinski definition) is 1. The summed E-state index contributed by atoms with van der Waals surface area (Å²) >= 11 is 0. The van der Waals surface area contributed by atoms with Gasteiger partial charge in [0.15, 0.2) is 0 Å². The molecule has 2 fully saturated rings. The lowest BCUT2D eigenvalue weighted by molar-refractivity contribution is 0.224. The molecule has 94 valence electrons. The second-order valence-corrected chi connectivity index (χ2v) is 5.74. The summed E-state index contributed by atoms with van der Waals surface area (Å²) < 4.78 is 12.9. The van der Waals surface area contributed by atoms with Crippen LogP contribution in [0.4, 0.5) is 4.39 Å². The van der Waals surface area contributed by atoms with Gasteiger partial charge in [-0.3, -0.25) is 0 Å². The molecule has 3 heteroatoms. The summed E-state index contributed by atoms with van der Waals surface area (Å²) in [7, 11) is 0. The van der Waals surface area contributed by atoms with E-state index in [1.165, 1.54) is 25.0 Å². The summed E-state index contributed by atoms with van der Waals surface area (Å²) in [5.74, 6) is -0.213. The lowest BCUT2D eigenvalue weighted by Crippen LogP contribution is -2.44. The molecule has 1 aromatic carbocycles. The van der Waals surface area contributed by atoms with E-state index in [0.29, 0.717) is 12.1 Å². The third-order valence-corrected chi connectivity index (χ3v) is 4.30. The number of rotatable bonds is 2. The Balaban J connectivity index is 1.80. The Kier molecular flexibility index (Phi) is 2.83. The van der Waals surface area contributed by atoms with Gasteiger partial charge in [-0.25, -0.2) is 4.39 Å². The van der Waals surface area contributed by atoms with Crippen LogP contribution in [0.15, 0.2) is 24.3 Å². The van der Waals surface area contributed by atoms with Crippen LogP contribution in [0.2, 0.25) is 0 Å². The number of nitrogens with zero attached hydrogens (tertiary/aromatic N) is 1. The highest BCUT2D eigenvalue weighted by molar-refractivity contribution is 5.22. The molecular formula is C15H17FN2. The minimum Gasteiger partial charge on any atom is -0.311 e. The topological polar surface area (TPSA) is 35.8 Å². The normalized spacial score (nSPS) is 34.2. The van der Waals surface area contributed by atoms with Crippen LogP contribution in [-0.4, -0.2) is 12.1 Å². The number of piperidine rings is 1. The average Bonchev–Trinajstić information content (AvgIpc) is 2.72. The maximum atomic E-state index is 12.9. The number of hydrogen-bond acceptors (Lipinski definition) is 2. The van der Waals surface area contributed by atoms with Crippen molar-refractivity contribution in [2.75, 3.05) is 0 Å². The zero-order valence-electron chi connectivity index (χ0n) is 10.3. The van der Waals surface area contributed by atoms with Gasteiger partial charge in [-0.15, -0.1) is 0 Å². The van der Waals surface area contributed by atoms with Crippen LogP contribution in [0.3, 0.4) is 0 Å². The minimum absolute atomic E-state index is 0.213. The Hall–Kier alpha value is -1.40. The maximum absolute atomic E-state index is 12.9. The highest BCUT2D eigenvalue weighted by Gasteiger charge is 2.43. The van der Waals surface area contributed by atoms with Gasteiger partial charge >= 0.3 is 0 Å². The van der Waals surface area contributed by atoms with Crippen molar-refractivity contribution in [3.05, 3.63) is 35.6 Å². The zero-order valence-corrected chi connectivity index (χ0v) is 10.3. The predicted octanol–water partition coefficient (Wildman–Crippen LogP) is 2.79. The van der Waals surface area contributed by atoms with Crippen LogP contribution in [0.5, 0.6) is 0 Å². The quantitative estimate of drug-likeness (QED) is 0.868. The molecule has 3 rings (SSSR count). The third kappa shape index (κ3) is 2.13. The molecule has 18 heavy (non-hydrogen) atoms. The van der Waals surface area contributed by atoms with E-state index in [9.17, 15) is 9.65 Å². The van der Waals surface area contributed by atoms with Gasteiger partial charge in [0.1, 0.15) is 5.82 Å². The van der Waals surface area contributed by atoms with Gasteiger partial charge in [-0.2, -0.15) is 5.26 Å². The van der Waals surface area contributed by atoms with Crippen LogP contribution in [0, 0.1) is 22.6 Å². The van der Waals surface area contributed by atoms with Crippen molar-refractivity contribution in [3.63, 3.8) is 0 Å². The first kappa shape index (κ1) is 11.7. The molecule has 1 N–H and O–H groups in total. The molecule has 0 spiro atoms. The van der Waals surface area contributed by atoms with Gasteiger partial charge in [0.05, 0.1) is 11.5 Å². The highest BCUT2D eigenvalue weighted by Crippen LogP contribution is 2.42. The first-order valence-corrected chi connectivity index (χ1v) is 6.61. The molecule has 3 atom stereocenters. The molecule has 0 radical (unpaired) electrons. The third-order valence-electron chi connectivity index (χ3n) is 4.30. The molecule has 0 saturated carbocycles. The van der Waals surface area contributed by atoms with Crippen molar-refractivity contribution in [1.29, 1.82) is 5.26 Å². The monoisotopic (exact) mass is 244 g/mol. The van der Waals surface area contributed by atoms with Crippen LogP contribution in [0.25, 0.3) is 0 Å². The van der Waals surface area contributed by atoms with Gasteiger partial charge in [0.2, 0.25) is 0 Å². The van der Waals surface area contributed by atoms with Crippen molar-refractivity contribution in [2.45, 2.75) is 44.2 Å². The molecule has 2 bridgehead atoms. The largest absolute Gasteiger partial charge is 0.311 e. The van der Waals surface area contributed by atoms with Crippen LogP contribution in [0.1, 0.15) is 31.2 Å². The predicted molar refractivity (Wildman–Crippen MR) is 67.3 cm³/mol. The van der Waals surface area contributed by atoms with Gasteiger partial charge in [0.25, 0.3) is 0 Å². The molecule has 1 aromatic rings. The molecule has 2 saturated heterocycles. The number of halogens is 1. The van der Waals surface area contributed by atoms with Crippen molar-refractivity contribution in [2.24, 2.45) is 5.41 Å². The summed E-state index contributed by atoms with van der Waals surface area (Å²) in [6.45, 7) is 0. The van der Waals surface area contributed by atoms with Crippen molar-refractivity contribution < 1.29 is 4.39 Å². The Morgan fingerprint density at radius 2 is 1.83 bits per heavy atom. The van der Waals surface area contributed by atoms with E-state index in [4.69, 9.17) is 0 Å². The second-order valence-electron chi connectivity index (χ2n) is 5.74. The summed E-state index contributed by atoms with van der Waals surface area (Å²) in [6.07, 6.45) is 4.99. The first-order valence-electron chi connectivity index (χ1n) is 6.61. The van der Waals surface area contributed by atoms with Crippen molar-refractivity contribution in [1.82, 2.24) is 5.32 Å². The van der Waals surface area contributed by atoms with Crippen molar-refractivity contribution in [3.8, 4) is 6.07 Å². The Bertz CT molecular complexity index is 462. The maximum Gasteiger partial charge on any atom is 0.123 e. The Morgan fingerprint density at radius 3 is 2.39 bits per heavy atom. The van der Waals surface area contributed by atoms with Crippen LogP contribution >= 0.6 is 0 Å².